The van der Waals surface area contributed by atoms with Crippen molar-refractivity contribution in [2.75, 3.05) is 23.8 Å². The number of amides is 1. The number of rotatable bonds is 8. The Bertz CT molecular complexity index is 1160. The lowest BCUT2D eigenvalue weighted by molar-refractivity contribution is -0.130. The maximum Gasteiger partial charge on any atom is 0.233 e. The van der Waals surface area contributed by atoms with E-state index in [0.29, 0.717) is 18.8 Å². The molecule has 4 rings (SSSR count). The normalized spacial score (nSPS) is 17.8. The molecule has 31 heavy (non-hydrogen) atoms. The highest BCUT2D eigenvalue weighted by Gasteiger charge is 2.34. The average molecular weight is 476 g/mol. The molecule has 0 spiro atoms. The molecule has 1 aliphatic rings. The molecule has 1 fully saturated rings. The summed E-state index contributed by atoms with van der Waals surface area (Å²) in [6.07, 6.45) is 2.35. The summed E-state index contributed by atoms with van der Waals surface area (Å²) in [5.41, 5.74) is 0.848. The summed E-state index contributed by atoms with van der Waals surface area (Å²) in [5, 5.41) is 3.69. The Labute approximate surface area is 191 Å². The molecule has 0 bridgehead atoms. The Balaban J connectivity index is 1.56. The summed E-state index contributed by atoms with van der Waals surface area (Å²) < 4.78 is 23.9. The molecule has 1 aromatic carbocycles. The molecule has 1 saturated heterocycles. The topological polar surface area (TPSA) is 80.2 Å². The molecular weight excluding hydrogens is 450 g/mol. The lowest BCUT2D eigenvalue weighted by atomic mass is 10.2. The number of aromatic nitrogens is 2. The number of unbranched alkanes of at least 4 members (excludes halogenated alkanes) is 1. The van der Waals surface area contributed by atoms with Crippen molar-refractivity contribution < 1.29 is 13.2 Å². The van der Waals surface area contributed by atoms with Crippen molar-refractivity contribution in [2.24, 2.45) is 0 Å². The SMILES string of the molecule is CCCCN(C(=O)CSc1nc(-c2cccs2)nc2ccccc12)[C@H]1CCS(=O)(=O)C1. The van der Waals surface area contributed by atoms with Gasteiger partial charge in [-0.25, -0.2) is 18.4 Å². The summed E-state index contributed by atoms with van der Waals surface area (Å²) in [5.74, 6) is 1.10. The summed E-state index contributed by atoms with van der Waals surface area (Å²) in [7, 11) is -3.05. The van der Waals surface area contributed by atoms with Crippen LogP contribution in [0.5, 0.6) is 0 Å². The van der Waals surface area contributed by atoms with E-state index in [0.717, 1.165) is 33.6 Å². The molecule has 3 aromatic rings. The monoisotopic (exact) mass is 475 g/mol. The Kier molecular flexibility index (Phi) is 6.93. The van der Waals surface area contributed by atoms with Crippen LogP contribution < -0.4 is 0 Å². The van der Waals surface area contributed by atoms with Crippen molar-refractivity contribution in [2.45, 2.75) is 37.3 Å². The van der Waals surface area contributed by atoms with Crippen LogP contribution in [0.25, 0.3) is 21.6 Å². The highest BCUT2D eigenvalue weighted by Crippen LogP contribution is 2.30. The lowest BCUT2D eigenvalue weighted by Crippen LogP contribution is -2.42. The zero-order valence-electron chi connectivity index (χ0n) is 17.4. The summed E-state index contributed by atoms with van der Waals surface area (Å²) in [6, 6.07) is 11.6. The summed E-state index contributed by atoms with van der Waals surface area (Å²) >= 11 is 2.98. The summed E-state index contributed by atoms with van der Waals surface area (Å²) in [4.78, 5) is 25.3. The highest BCUT2D eigenvalue weighted by atomic mass is 32.2. The van der Waals surface area contributed by atoms with Gasteiger partial charge >= 0.3 is 0 Å². The van der Waals surface area contributed by atoms with Crippen molar-refractivity contribution in [3.05, 3.63) is 41.8 Å². The van der Waals surface area contributed by atoms with E-state index in [1.54, 1.807) is 16.2 Å². The van der Waals surface area contributed by atoms with E-state index >= 15 is 0 Å². The van der Waals surface area contributed by atoms with E-state index in [1.165, 1.54) is 11.8 Å². The van der Waals surface area contributed by atoms with Crippen LogP contribution in [0.4, 0.5) is 0 Å². The first-order valence-corrected chi connectivity index (χ1v) is 14.1. The van der Waals surface area contributed by atoms with E-state index < -0.39 is 9.84 Å². The van der Waals surface area contributed by atoms with Gasteiger partial charge in [0.05, 0.1) is 27.7 Å². The minimum Gasteiger partial charge on any atom is -0.338 e. The number of nitrogens with zero attached hydrogens (tertiary/aromatic N) is 3. The van der Waals surface area contributed by atoms with E-state index in [4.69, 9.17) is 4.98 Å². The van der Waals surface area contributed by atoms with Crippen molar-refractivity contribution in [1.29, 1.82) is 0 Å². The number of hydrogen-bond donors (Lipinski definition) is 0. The largest absolute Gasteiger partial charge is 0.338 e. The lowest BCUT2D eigenvalue weighted by Gasteiger charge is -2.28. The molecule has 2 aromatic heterocycles. The van der Waals surface area contributed by atoms with Crippen LogP contribution in [0.3, 0.4) is 0 Å². The maximum atomic E-state index is 13.1. The number of carbonyl (C=O) groups excluding carboxylic acids is 1. The number of thioether (sulfide) groups is 1. The number of fused-ring (bicyclic) bond motifs is 1. The van der Waals surface area contributed by atoms with E-state index in [1.807, 2.05) is 41.8 Å². The molecule has 0 unspecified atom stereocenters. The van der Waals surface area contributed by atoms with Gasteiger partial charge in [-0.15, -0.1) is 11.3 Å². The molecule has 6 nitrogen and oxygen atoms in total. The Morgan fingerprint density at radius 3 is 2.77 bits per heavy atom. The minimum absolute atomic E-state index is 0.0269. The standard InChI is InChI=1S/C22H25N3O3S3/c1-2-3-11-25(16-10-13-31(27,28)15-16)20(26)14-30-22-17-7-4-5-8-18(17)23-21(24-22)19-9-6-12-29-19/h4-9,12,16H,2-3,10-11,13-15H2,1H3/t16-/m0/s1. The predicted molar refractivity (Wildman–Crippen MR) is 127 cm³/mol. The number of para-hydroxylation sites is 1. The number of hydrogen-bond acceptors (Lipinski definition) is 7. The van der Waals surface area contributed by atoms with Gasteiger partial charge in [-0.05, 0) is 30.4 Å². The fourth-order valence-corrected chi connectivity index (χ4v) is 7.04. The van der Waals surface area contributed by atoms with Crippen LogP contribution in [0, 0.1) is 0 Å². The first kappa shape index (κ1) is 22.2. The predicted octanol–water partition coefficient (Wildman–Crippen LogP) is 4.27. The van der Waals surface area contributed by atoms with Crippen molar-refractivity contribution >= 4 is 49.7 Å². The smallest absolute Gasteiger partial charge is 0.233 e. The van der Waals surface area contributed by atoms with Crippen LogP contribution in [0.2, 0.25) is 0 Å². The molecule has 9 heteroatoms. The quantitative estimate of drug-likeness (QED) is 0.358. The van der Waals surface area contributed by atoms with Crippen molar-refractivity contribution in [3.63, 3.8) is 0 Å². The van der Waals surface area contributed by atoms with Crippen LogP contribution in [0.1, 0.15) is 26.2 Å². The Morgan fingerprint density at radius 2 is 2.06 bits per heavy atom. The van der Waals surface area contributed by atoms with Gasteiger partial charge in [-0.1, -0.05) is 49.4 Å². The number of carbonyl (C=O) groups is 1. The first-order valence-electron chi connectivity index (χ1n) is 10.4. The second-order valence-corrected chi connectivity index (χ2v) is 11.8. The van der Waals surface area contributed by atoms with Crippen LogP contribution in [-0.4, -0.2) is 59.0 Å². The molecule has 0 saturated carbocycles. The van der Waals surface area contributed by atoms with Gasteiger partial charge in [0.25, 0.3) is 0 Å². The van der Waals surface area contributed by atoms with Crippen molar-refractivity contribution in [1.82, 2.24) is 14.9 Å². The number of benzene rings is 1. The number of sulfone groups is 1. The Morgan fingerprint density at radius 1 is 1.23 bits per heavy atom. The second kappa shape index (κ2) is 9.67. The zero-order chi connectivity index (χ0) is 21.8. The maximum absolute atomic E-state index is 13.1. The van der Waals surface area contributed by atoms with Gasteiger partial charge in [0.1, 0.15) is 5.03 Å². The fourth-order valence-electron chi connectivity index (χ4n) is 3.75. The van der Waals surface area contributed by atoms with Gasteiger partial charge < -0.3 is 4.90 Å². The first-order chi connectivity index (χ1) is 15.0. The van der Waals surface area contributed by atoms with Crippen LogP contribution >= 0.6 is 23.1 Å². The summed E-state index contributed by atoms with van der Waals surface area (Å²) in [6.45, 7) is 2.67. The van der Waals surface area contributed by atoms with Gasteiger partial charge in [0.15, 0.2) is 15.7 Å². The third-order valence-electron chi connectivity index (χ3n) is 5.36. The fraction of sp³-hybridized carbons (Fsp3) is 0.409. The van der Waals surface area contributed by atoms with Gasteiger partial charge in [-0.3, -0.25) is 4.79 Å². The molecule has 1 atom stereocenters. The number of thiophene rings is 1. The van der Waals surface area contributed by atoms with Crippen molar-refractivity contribution in [3.8, 4) is 10.7 Å². The van der Waals surface area contributed by atoms with Gasteiger partial charge in [0, 0.05) is 18.0 Å². The third kappa shape index (κ3) is 5.27. The zero-order valence-corrected chi connectivity index (χ0v) is 19.8. The second-order valence-electron chi connectivity index (χ2n) is 7.63. The average Bonchev–Trinajstić information content (AvgIpc) is 3.42. The molecule has 3 heterocycles. The highest BCUT2D eigenvalue weighted by molar-refractivity contribution is 8.00. The van der Waals surface area contributed by atoms with E-state index in [2.05, 4.69) is 11.9 Å². The Hall–Kier alpha value is -1.97. The van der Waals surface area contributed by atoms with Gasteiger partial charge in [0.2, 0.25) is 5.91 Å². The third-order valence-corrected chi connectivity index (χ3v) is 8.96. The van der Waals surface area contributed by atoms with Crippen LogP contribution in [-0.2, 0) is 14.6 Å². The van der Waals surface area contributed by atoms with Crippen LogP contribution in [0.15, 0.2) is 46.8 Å². The molecule has 0 N–H and O–H groups in total. The molecule has 1 aliphatic heterocycles. The molecule has 164 valence electrons. The van der Waals surface area contributed by atoms with E-state index in [-0.39, 0.29) is 29.2 Å². The van der Waals surface area contributed by atoms with Gasteiger partial charge in [-0.2, -0.15) is 0 Å². The molecule has 1 amide bonds. The molecular formula is C22H25N3O3S3. The molecule has 0 radical (unpaired) electrons. The minimum atomic E-state index is -3.05. The van der Waals surface area contributed by atoms with E-state index in [9.17, 15) is 13.2 Å². The molecule has 0 aliphatic carbocycles.